The van der Waals surface area contributed by atoms with E-state index in [2.05, 4.69) is 0 Å². The van der Waals surface area contributed by atoms with Crippen LogP contribution in [0.4, 0.5) is 0 Å². The van der Waals surface area contributed by atoms with E-state index >= 15 is 0 Å². The quantitative estimate of drug-likeness (QED) is 0.156. The zero-order chi connectivity index (χ0) is 29.4. The Morgan fingerprint density at radius 3 is 1.02 bits per heavy atom. The summed E-state index contributed by atoms with van der Waals surface area (Å²) >= 11 is 0. The standard InChI is InChI=1S/C28H46O10Si2/c1-9-33-39(34-10-2,35-11-3)23-15-17-25(27(19-23)31-21-29-7)26-18-16-24(20-28(26)32-22-30-8)40(36-12-4,37-13-5)38-14-6/h15-20H,9-14,21-22H2,1-8H3. The topological polar surface area (TPSA) is 92.3 Å². The first-order chi connectivity index (χ1) is 19.4. The maximum atomic E-state index is 6.13. The van der Waals surface area contributed by atoms with E-state index in [-0.39, 0.29) is 13.6 Å². The van der Waals surface area contributed by atoms with Crippen molar-refractivity contribution in [1.82, 2.24) is 0 Å². The molecule has 0 atom stereocenters. The van der Waals surface area contributed by atoms with Crippen LogP contribution in [0.15, 0.2) is 36.4 Å². The summed E-state index contributed by atoms with van der Waals surface area (Å²) in [6, 6.07) is 11.6. The summed E-state index contributed by atoms with van der Waals surface area (Å²) in [5, 5.41) is 1.58. The molecule has 0 aromatic heterocycles. The molecule has 10 nitrogen and oxygen atoms in total. The fourth-order valence-corrected chi connectivity index (χ4v) is 9.22. The maximum Gasteiger partial charge on any atom is 0.537 e. The van der Waals surface area contributed by atoms with Crippen LogP contribution >= 0.6 is 0 Å². The lowest BCUT2D eigenvalue weighted by Gasteiger charge is -2.30. The lowest BCUT2D eigenvalue weighted by atomic mass is 10.0. The van der Waals surface area contributed by atoms with E-state index in [4.69, 9.17) is 45.5 Å². The Kier molecular flexibility index (Phi) is 15.3. The molecule has 12 heteroatoms. The van der Waals surface area contributed by atoms with Gasteiger partial charge in [0.1, 0.15) is 11.5 Å². The van der Waals surface area contributed by atoms with Gasteiger partial charge in [-0.3, -0.25) is 0 Å². The molecule has 0 aliphatic rings. The van der Waals surface area contributed by atoms with Crippen LogP contribution in [0.5, 0.6) is 11.5 Å². The van der Waals surface area contributed by atoms with Crippen molar-refractivity contribution in [3.05, 3.63) is 36.4 Å². The van der Waals surface area contributed by atoms with Crippen molar-refractivity contribution in [3.8, 4) is 22.6 Å². The Bertz CT molecular complexity index is 894. The SMILES string of the molecule is CCO[Si](OCC)(OCC)c1ccc(-c2ccc([Si](OCC)(OCC)OCC)cc2OCOC)c(OCOC)c1. The third-order valence-corrected chi connectivity index (χ3v) is 11.7. The molecule has 2 rings (SSSR count). The highest BCUT2D eigenvalue weighted by Gasteiger charge is 2.45. The second-order valence-corrected chi connectivity index (χ2v) is 13.3. The lowest BCUT2D eigenvalue weighted by molar-refractivity contribution is 0.0499. The van der Waals surface area contributed by atoms with Gasteiger partial charge in [-0.2, -0.15) is 0 Å². The van der Waals surface area contributed by atoms with Crippen LogP contribution in [0.2, 0.25) is 0 Å². The maximum absolute atomic E-state index is 6.13. The number of rotatable bonds is 21. The average molecular weight is 599 g/mol. The Morgan fingerprint density at radius 1 is 0.475 bits per heavy atom. The highest BCUT2D eigenvalue weighted by Crippen LogP contribution is 2.37. The molecule has 0 aliphatic heterocycles. The van der Waals surface area contributed by atoms with Gasteiger partial charge in [0.05, 0.1) is 0 Å². The average Bonchev–Trinajstić information content (AvgIpc) is 2.95. The van der Waals surface area contributed by atoms with Crippen LogP contribution in [0.1, 0.15) is 41.5 Å². The predicted molar refractivity (Wildman–Crippen MR) is 157 cm³/mol. The van der Waals surface area contributed by atoms with Gasteiger partial charge in [-0.25, -0.2) is 0 Å². The van der Waals surface area contributed by atoms with E-state index < -0.39 is 17.6 Å². The summed E-state index contributed by atoms with van der Waals surface area (Å²) in [6.45, 7) is 14.3. The highest BCUT2D eigenvalue weighted by molar-refractivity contribution is 6.76. The zero-order valence-electron chi connectivity index (χ0n) is 25.2. The van der Waals surface area contributed by atoms with E-state index in [0.717, 1.165) is 21.5 Å². The second kappa shape index (κ2) is 17.9. The molecule has 0 fully saturated rings. The number of ether oxygens (including phenoxy) is 4. The van der Waals surface area contributed by atoms with Crippen LogP contribution in [0.25, 0.3) is 11.1 Å². The normalized spacial score (nSPS) is 12.1. The molecule has 0 heterocycles. The van der Waals surface area contributed by atoms with Crippen molar-refractivity contribution in [2.24, 2.45) is 0 Å². The molecular weight excluding hydrogens is 552 g/mol. The molecule has 0 radical (unpaired) electrons. The highest BCUT2D eigenvalue weighted by atomic mass is 28.4. The first-order valence-corrected chi connectivity index (χ1v) is 17.3. The Labute approximate surface area is 241 Å². The van der Waals surface area contributed by atoms with Crippen molar-refractivity contribution in [2.75, 3.05) is 67.4 Å². The van der Waals surface area contributed by atoms with Gasteiger partial charge in [0.15, 0.2) is 13.6 Å². The van der Waals surface area contributed by atoms with Gasteiger partial charge in [0.2, 0.25) is 0 Å². The van der Waals surface area contributed by atoms with Crippen molar-refractivity contribution in [1.29, 1.82) is 0 Å². The first-order valence-electron chi connectivity index (χ1n) is 13.8. The van der Waals surface area contributed by atoms with E-state index in [1.165, 1.54) is 0 Å². The Morgan fingerprint density at radius 2 is 0.775 bits per heavy atom. The lowest BCUT2D eigenvalue weighted by Crippen LogP contribution is -2.57. The molecule has 0 spiro atoms. The van der Waals surface area contributed by atoms with Crippen molar-refractivity contribution in [2.45, 2.75) is 41.5 Å². The third-order valence-electron chi connectivity index (χ3n) is 5.63. The van der Waals surface area contributed by atoms with Gasteiger partial charge >= 0.3 is 17.6 Å². The number of benzene rings is 2. The van der Waals surface area contributed by atoms with Crippen LogP contribution in [0.3, 0.4) is 0 Å². The van der Waals surface area contributed by atoms with Gasteiger partial charge in [0, 0.05) is 75.4 Å². The molecule has 0 amide bonds. The van der Waals surface area contributed by atoms with Gasteiger partial charge in [0.25, 0.3) is 0 Å². The minimum atomic E-state index is -3.18. The molecule has 2 aromatic rings. The minimum absolute atomic E-state index is 0.0459. The smallest absolute Gasteiger partial charge is 0.467 e. The second-order valence-electron chi connectivity index (χ2n) is 8.23. The summed E-state index contributed by atoms with van der Waals surface area (Å²) < 4.78 is 59.4. The molecule has 0 unspecified atom stereocenters. The Hall–Kier alpha value is -1.85. The summed E-state index contributed by atoms with van der Waals surface area (Å²) in [6.07, 6.45) is 0. The number of hydrogen-bond acceptors (Lipinski definition) is 10. The molecule has 226 valence electrons. The first kappa shape index (κ1) is 34.4. The molecular formula is C28H46O10Si2. The van der Waals surface area contributed by atoms with E-state index in [9.17, 15) is 0 Å². The molecule has 0 aliphatic carbocycles. The van der Waals surface area contributed by atoms with E-state index in [1.807, 2.05) is 77.9 Å². The zero-order valence-corrected chi connectivity index (χ0v) is 27.2. The summed E-state index contributed by atoms with van der Waals surface area (Å²) in [4.78, 5) is 0. The molecule has 2 aromatic carbocycles. The van der Waals surface area contributed by atoms with Gasteiger partial charge in [-0.15, -0.1) is 0 Å². The summed E-state index contributed by atoms with van der Waals surface area (Å²) in [5.41, 5.74) is 1.56. The molecule has 40 heavy (non-hydrogen) atoms. The van der Waals surface area contributed by atoms with Crippen LogP contribution in [-0.2, 0) is 36.0 Å². The fourth-order valence-electron chi connectivity index (χ4n) is 4.24. The van der Waals surface area contributed by atoms with Crippen molar-refractivity contribution < 1.29 is 45.5 Å². The van der Waals surface area contributed by atoms with Crippen molar-refractivity contribution in [3.63, 3.8) is 0 Å². The van der Waals surface area contributed by atoms with Crippen molar-refractivity contribution >= 4 is 28.0 Å². The van der Waals surface area contributed by atoms with Gasteiger partial charge < -0.3 is 45.5 Å². The Balaban J connectivity index is 2.74. The van der Waals surface area contributed by atoms with Crippen LogP contribution in [-0.4, -0.2) is 85.1 Å². The van der Waals surface area contributed by atoms with E-state index in [1.54, 1.807) is 14.2 Å². The predicted octanol–water partition coefficient (Wildman–Crippen LogP) is 3.83. The van der Waals surface area contributed by atoms with Crippen LogP contribution < -0.4 is 19.8 Å². The largest absolute Gasteiger partial charge is 0.537 e. The fraction of sp³-hybridized carbons (Fsp3) is 0.571. The van der Waals surface area contributed by atoms with Gasteiger partial charge in [-0.05, 0) is 53.7 Å². The molecule has 0 N–H and O–H groups in total. The number of hydrogen-bond donors (Lipinski definition) is 0. The summed E-state index contributed by atoms with van der Waals surface area (Å²) in [5.74, 6) is 1.13. The van der Waals surface area contributed by atoms with Gasteiger partial charge in [-0.1, -0.05) is 24.3 Å². The summed E-state index contributed by atoms with van der Waals surface area (Å²) in [7, 11) is -3.21. The third kappa shape index (κ3) is 8.58. The monoisotopic (exact) mass is 598 g/mol. The molecule has 0 saturated heterocycles. The molecule has 0 saturated carbocycles. The van der Waals surface area contributed by atoms with Crippen LogP contribution in [0, 0.1) is 0 Å². The minimum Gasteiger partial charge on any atom is -0.467 e. The number of methoxy groups -OCH3 is 2. The molecule has 0 bridgehead atoms. The van der Waals surface area contributed by atoms with E-state index in [0.29, 0.717) is 51.1 Å².